The summed E-state index contributed by atoms with van der Waals surface area (Å²) in [6.45, 7) is 2.92. The number of fused-ring (bicyclic) bond motifs is 1. The van der Waals surface area contributed by atoms with Crippen LogP contribution in [0, 0.1) is 0 Å². The Morgan fingerprint density at radius 1 is 0.889 bits per heavy atom. The predicted octanol–water partition coefficient (Wildman–Crippen LogP) is 5.10. The second-order valence-electron chi connectivity index (χ2n) is 7.40. The van der Waals surface area contributed by atoms with Crippen LogP contribution in [0.1, 0.15) is 35.2 Å². The van der Waals surface area contributed by atoms with Crippen LogP contribution in [0.25, 0.3) is 10.8 Å². The highest BCUT2D eigenvalue weighted by atomic mass is 16.2. The van der Waals surface area contributed by atoms with E-state index < -0.39 is 0 Å². The quantitative estimate of drug-likeness (QED) is 0.647. The largest absolute Gasteiger partial charge is 0.372 e. The maximum Gasteiger partial charge on any atom is 0.254 e. The number of carbonyl (C=O) groups excluding carboxylic acids is 1. The summed E-state index contributed by atoms with van der Waals surface area (Å²) in [4.78, 5) is 17.3. The molecule has 4 rings (SSSR count). The first-order chi connectivity index (χ1) is 13.2. The van der Waals surface area contributed by atoms with Crippen molar-refractivity contribution < 1.29 is 4.79 Å². The summed E-state index contributed by atoms with van der Waals surface area (Å²) in [6.07, 6.45) is 3.91. The second kappa shape index (κ2) is 7.83. The molecule has 138 valence electrons. The molecule has 0 saturated carbocycles. The molecule has 0 unspecified atom stereocenters. The van der Waals surface area contributed by atoms with Crippen molar-refractivity contribution in [2.45, 2.75) is 25.8 Å². The minimum Gasteiger partial charge on any atom is -0.372 e. The molecular formula is C24H26N2O. The fraction of sp³-hybridized carbons (Fsp3) is 0.292. The van der Waals surface area contributed by atoms with Gasteiger partial charge in [0, 0.05) is 37.9 Å². The van der Waals surface area contributed by atoms with Gasteiger partial charge in [-0.25, -0.2) is 0 Å². The first-order valence-corrected chi connectivity index (χ1v) is 9.79. The van der Waals surface area contributed by atoms with Gasteiger partial charge in [-0.3, -0.25) is 4.79 Å². The van der Waals surface area contributed by atoms with Gasteiger partial charge in [-0.15, -0.1) is 0 Å². The molecule has 1 heterocycles. The monoisotopic (exact) mass is 358 g/mol. The third-order valence-corrected chi connectivity index (χ3v) is 5.44. The van der Waals surface area contributed by atoms with Crippen molar-refractivity contribution in [3.8, 4) is 0 Å². The number of hydrogen-bond donors (Lipinski definition) is 0. The van der Waals surface area contributed by atoms with E-state index in [9.17, 15) is 4.79 Å². The number of hydrogen-bond acceptors (Lipinski definition) is 2. The summed E-state index contributed by atoms with van der Waals surface area (Å²) in [7, 11) is 1.88. The van der Waals surface area contributed by atoms with E-state index in [1.807, 2.05) is 49.5 Å². The van der Waals surface area contributed by atoms with E-state index in [1.54, 1.807) is 4.90 Å². The van der Waals surface area contributed by atoms with Crippen molar-refractivity contribution in [3.63, 3.8) is 0 Å². The molecule has 0 bridgehead atoms. The van der Waals surface area contributed by atoms with Gasteiger partial charge in [-0.2, -0.15) is 0 Å². The molecule has 3 nitrogen and oxygen atoms in total. The maximum absolute atomic E-state index is 13.0. The highest BCUT2D eigenvalue weighted by molar-refractivity contribution is 6.06. The molecule has 0 aromatic heterocycles. The molecule has 0 radical (unpaired) electrons. The lowest BCUT2D eigenvalue weighted by Crippen LogP contribution is -2.29. The lowest BCUT2D eigenvalue weighted by molar-refractivity contribution is 0.0787. The van der Waals surface area contributed by atoms with E-state index in [-0.39, 0.29) is 5.91 Å². The molecule has 3 aromatic carbocycles. The summed E-state index contributed by atoms with van der Waals surface area (Å²) in [6, 6.07) is 22.7. The van der Waals surface area contributed by atoms with Crippen molar-refractivity contribution >= 4 is 22.4 Å². The number of anilines is 1. The van der Waals surface area contributed by atoms with Crippen molar-refractivity contribution in [1.82, 2.24) is 4.90 Å². The van der Waals surface area contributed by atoms with Gasteiger partial charge in [-0.1, -0.05) is 48.5 Å². The minimum atomic E-state index is 0.0620. The molecule has 3 heteroatoms. The lowest BCUT2D eigenvalue weighted by Gasteiger charge is -2.29. The van der Waals surface area contributed by atoms with Crippen molar-refractivity contribution in [3.05, 3.63) is 77.9 Å². The number of benzene rings is 3. The van der Waals surface area contributed by atoms with Gasteiger partial charge in [0.05, 0.1) is 0 Å². The summed E-state index contributed by atoms with van der Waals surface area (Å²) in [5.74, 6) is 0.0620. The van der Waals surface area contributed by atoms with Crippen molar-refractivity contribution in [2.75, 3.05) is 25.0 Å². The Kier molecular flexibility index (Phi) is 5.10. The molecule has 1 saturated heterocycles. The molecule has 1 aliphatic rings. The Morgan fingerprint density at radius 3 is 2.37 bits per heavy atom. The average molecular weight is 358 g/mol. The van der Waals surface area contributed by atoms with E-state index in [0.717, 1.165) is 35.0 Å². The van der Waals surface area contributed by atoms with Crippen LogP contribution in [0.4, 0.5) is 5.69 Å². The van der Waals surface area contributed by atoms with E-state index in [0.29, 0.717) is 6.54 Å². The molecule has 0 N–H and O–H groups in total. The first kappa shape index (κ1) is 17.6. The van der Waals surface area contributed by atoms with E-state index in [2.05, 4.69) is 29.2 Å². The van der Waals surface area contributed by atoms with Gasteiger partial charge in [0.1, 0.15) is 0 Å². The molecule has 1 aliphatic heterocycles. The summed E-state index contributed by atoms with van der Waals surface area (Å²) in [5, 5.41) is 2.11. The fourth-order valence-electron chi connectivity index (χ4n) is 3.93. The fourth-order valence-corrected chi connectivity index (χ4v) is 3.93. The van der Waals surface area contributed by atoms with Crippen LogP contribution < -0.4 is 4.90 Å². The summed E-state index contributed by atoms with van der Waals surface area (Å²) in [5.41, 5.74) is 3.22. The predicted molar refractivity (Wildman–Crippen MR) is 112 cm³/mol. The SMILES string of the molecule is CN(Cc1ccc(N2CCCCC2)cc1)C(=O)c1cccc2ccccc12. The molecule has 27 heavy (non-hydrogen) atoms. The topological polar surface area (TPSA) is 23.6 Å². The Morgan fingerprint density at radius 2 is 1.59 bits per heavy atom. The van der Waals surface area contributed by atoms with Crippen LogP contribution in [0.15, 0.2) is 66.7 Å². The Labute approximate surface area is 161 Å². The van der Waals surface area contributed by atoms with Gasteiger partial charge >= 0.3 is 0 Å². The molecule has 1 amide bonds. The van der Waals surface area contributed by atoms with Crippen LogP contribution in [0.3, 0.4) is 0 Å². The van der Waals surface area contributed by atoms with Crippen molar-refractivity contribution in [1.29, 1.82) is 0 Å². The van der Waals surface area contributed by atoms with Crippen LogP contribution >= 0.6 is 0 Å². The third-order valence-electron chi connectivity index (χ3n) is 5.44. The number of nitrogens with zero attached hydrogens (tertiary/aromatic N) is 2. The van der Waals surface area contributed by atoms with Gasteiger partial charge in [0.2, 0.25) is 0 Å². The molecule has 0 spiro atoms. The van der Waals surface area contributed by atoms with Gasteiger partial charge in [0.15, 0.2) is 0 Å². The van der Waals surface area contributed by atoms with Crippen molar-refractivity contribution in [2.24, 2.45) is 0 Å². The van der Waals surface area contributed by atoms with E-state index in [1.165, 1.54) is 24.9 Å². The standard InChI is InChI=1S/C24H26N2O/c1-25(24(27)23-11-7-9-20-8-3-4-10-22(20)23)18-19-12-14-21(15-13-19)26-16-5-2-6-17-26/h3-4,7-15H,2,5-6,16-18H2,1H3. The van der Waals surface area contributed by atoms with Crippen LogP contribution in [-0.2, 0) is 6.54 Å². The zero-order valence-electron chi connectivity index (χ0n) is 15.9. The molecular weight excluding hydrogens is 332 g/mol. The number of piperidine rings is 1. The van der Waals surface area contributed by atoms with Crippen LogP contribution in [0.2, 0.25) is 0 Å². The molecule has 3 aromatic rings. The molecule has 1 fully saturated rings. The minimum absolute atomic E-state index is 0.0620. The summed E-state index contributed by atoms with van der Waals surface area (Å²) < 4.78 is 0. The third kappa shape index (κ3) is 3.82. The molecule has 0 atom stereocenters. The van der Waals surface area contributed by atoms with E-state index >= 15 is 0 Å². The van der Waals surface area contributed by atoms with Crippen LogP contribution in [-0.4, -0.2) is 30.9 Å². The van der Waals surface area contributed by atoms with Gasteiger partial charge < -0.3 is 9.80 Å². The van der Waals surface area contributed by atoms with Gasteiger partial charge in [-0.05, 0) is 53.8 Å². The number of rotatable bonds is 4. The second-order valence-corrected chi connectivity index (χ2v) is 7.40. The summed E-state index contributed by atoms with van der Waals surface area (Å²) >= 11 is 0. The normalized spacial score (nSPS) is 14.3. The Bertz CT molecular complexity index is 921. The Hall–Kier alpha value is -2.81. The van der Waals surface area contributed by atoms with Crippen LogP contribution in [0.5, 0.6) is 0 Å². The number of carbonyl (C=O) groups is 1. The first-order valence-electron chi connectivity index (χ1n) is 9.79. The van der Waals surface area contributed by atoms with Gasteiger partial charge in [0.25, 0.3) is 5.91 Å². The maximum atomic E-state index is 13.0. The number of amides is 1. The average Bonchev–Trinajstić information content (AvgIpc) is 2.74. The molecule has 0 aliphatic carbocycles. The zero-order chi connectivity index (χ0) is 18.6. The Balaban J connectivity index is 1.48. The smallest absolute Gasteiger partial charge is 0.254 e. The highest BCUT2D eigenvalue weighted by Crippen LogP contribution is 2.22. The zero-order valence-corrected chi connectivity index (χ0v) is 15.9. The lowest BCUT2D eigenvalue weighted by atomic mass is 10.0. The highest BCUT2D eigenvalue weighted by Gasteiger charge is 2.15. The van der Waals surface area contributed by atoms with E-state index in [4.69, 9.17) is 0 Å².